The average Bonchev–Trinajstić information content (AvgIpc) is 4.01. The van der Waals surface area contributed by atoms with Gasteiger partial charge >= 0.3 is 6.18 Å². The number of aliphatic hydroxyl groups is 1. The minimum absolute atomic E-state index is 0.0205. The number of fused-ring (bicyclic) bond motifs is 4. The Balaban J connectivity index is 1.31. The van der Waals surface area contributed by atoms with E-state index < -0.39 is 36.3 Å². The highest BCUT2D eigenvalue weighted by Gasteiger charge is 2.31. The monoisotopic (exact) mass is 858 g/mol. The Morgan fingerprint density at radius 3 is 1.97 bits per heavy atom. The number of hydrogen-bond acceptors (Lipinski definition) is 11. The summed E-state index contributed by atoms with van der Waals surface area (Å²) in [5, 5.41) is 23.6. The fourth-order valence-electron chi connectivity index (χ4n) is 7.09. The minimum atomic E-state index is -4.68. The van der Waals surface area contributed by atoms with Gasteiger partial charge in [0.1, 0.15) is 40.5 Å². The molecular weight excluding hydrogens is 818 g/mol. The second kappa shape index (κ2) is 16.9. The highest BCUT2D eigenvalue weighted by molar-refractivity contribution is 6.14. The Kier molecular flexibility index (Phi) is 11.6. The standard InChI is InChI=1S/C40H41F3N12O7/c1-5-54-28(13-20(2)50-54)36(59)48-38-47-27-18-25(35(45)58)33-24(15-22(4)62-33)31(27)52(38)9-6-7-10-53-32-26(16-23(34(44)57)17-30(32)61-12-8-11-56)46-39(53)49-37(60)29-14-21(3)51-55(29)19-40(41,42)43/h6-7,13-18,56H,5,8-12,19H2,1-4H3,(H2,44,57)(H2,45,58)(H,46,49,60)(H,47,48,59)/b7-6+. The smallest absolute Gasteiger partial charge is 0.408 e. The lowest BCUT2D eigenvalue weighted by Gasteiger charge is -2.13. The molecule has 5 heterocycles. The molecule has 19 nitrogen and oxygen atoms in total. The van der Waals surface area contributed by atoms with Crippen molar-refractivity contribution in [1.82, 2.24) is 38.7 Å². The second-order valence-electron chi connectivity index (χ2n) is 14.3. The van der Waals surface area contributed by atoms with Crippen LogP contribution in [-0.4, -0.2) is 86.8 Å². The number of nitrogens with zero attached hydrogens (tertiary/aromatic N) is 8. The van der Waals surface area contributed by atoms with Gasteiger partial charge in [-0.25, -0.2) is 9.97 Å². The molecule has 0 atom stereocenters. The molecule has 7 rings (SSSR count). The molecule has 2 aromatic carbocycles. The van der Waals surface area contributed by atoms with E-state index in [0.29, 0.717) is 39.1 Å². The van der Waals surface area contributed by atoms with Gasteiger partial charge in [-0.1, -0.05) is 12.2 Å². The molecule has 0 radical (unpaired) electrons. The van der Waals surface area contributed by atoms with Gasteiger partial charge in [0, 0.05) is 43.6 Å². The van der Waals surface area contributed by atoms with Crippen LogP contribution in [0.1, 0.15) is 72.2 Å². The molecule has 0 bridgehead atoms. The zero-order chi connectivity index (χ0) is 44.6. The SMILES string of the molecule is CCn1nc(C)cc1C(=O)Nc1nc2cc(C(N)=O)c3oc(C)cc3c2n1C/C=C/Cn1c(NC(=O)c2cc(C)nn2CC(F)(F)F)nc2cc(C(N)=O)cc(OCCCO)c21. The first-order valence-electron chi connectivity index (χ1n) is 19.2. The summed E-state index contributed by atoms with van der Waals surface area (Å²) in [6, 6.07) is 8.80. The van der Waals surface area contributed by atoms with Crippen LogP contribution in [0.15, 0.2) is 53.0 Å². The number of imidazole rings is 2. The average molecular weight is 859 g/mol. The van der Waals surface area contributed by atoms with E-state index in [4.69, 9.17) is 25.6 Å². The summed E-state index contributed by atoms with van der Waals surface area (Å²) in [6.45, 7) is 5.50. The summed E-state index contributed by atoms with van der Waals surface area (Å²) in [6.07, 6.45) is -1.03. The number of allylic oxidation sites excluding steroid dienone is 2. The molecule has 7 aromatic rings. The first-order valence-corrected chi connectivity index (χ1v) is 19.2. The highest BCUT2D eigenvalue weighted by atomic mass is 19.4. The summed E-state index contributed by atoms with van der Waals surface area (Å²) >= 11 is 0. The van der Waals surface area contributed by atoms with Crippen molar-refractivity contribution in [1.29, 1.82) is 0 Å². The van der Waals surface area contributed by atoms with Crippen molar-refractivity contribution < 1.29 is 46.6 Å². The molecule has 7 N–H and O–H groups in total. The number of nitrogens with two attached hydrogens (primary N) is 2. The third kappa shape index (κ3) is 8.57. The summed E-state index contributed by atoms with van der Waals surface area (Å²) in [7, 11) is 0. The molecule has 62 heavy (non-hydrogen) atoms. The number of anilines is 2. The van der Waals surface area contributed by atoms with Gasteiger partial charge in [0.25, 0.3) is 17.7 Å². The van der Waals surface area contributed by atoms with Gasteiger partial charge in [-0.2, -0.15) is 23.4 Å². The van der Waals surface area contributed by atoms with Gasteiger partial charge in [0.2, 0.25) is 17.8 Å². The molecule has 5 aromatic heterocycles. The Labute approximate surface area is 349 Å². The number of alkyl halides is 3. The Morgan fingerprint density at radius 1 is 0.823 bits per heavy atom. The Hall–Kier alpha value is -7.49. The molecule has 0 saturated heterocycles. The molecule has 22 heteroatoms. The van der Waals surface area contributed by atoms with E-state index in [0.717, 1.165) is 0 Å². The van der Waals surface area contributed by atoms with E-state index in [1.54, 1.807) is 47.4 Å². The van der Waals surface area contributed by atoms with Crippen LogP contribution in [0.2, 0.25) is 0 Å². The number of carbonyl (C=O) groups excluding carboxylic acids is 4. The largest absolute Gasteiger partial charge is 0.491 e. The van der Waals surface area contributed by atoms with E-state index in [9.17, 15) is 37.5 Å². The third-order valence-electron chi connectivity index (χ3n) is 9.64. The lowest BCUT2D eigenvalue weighted by atomic mass is 10.1. The first kappa shape index (κ1) is 42.6. The van der Waals surface area contributed by atoms with Crippen molar-refractivity contribution in [2.45, 2.75) is 66.5 Å². The molecule has 0 unspecified atom stereocenters. The molecule has 0 fully saturated rings. The minimum Gasteiger partial charge on any atom is -0.491 e. The first-order chi connectivity index (χ1) is 29.5. The number of aromatic nitrogens is 8. The van der Waals surface area contributed by atoms with Crippen LogP contribution < -0.4 is 26.8 Å². The summed E-state index contributed by atoms with van der Waals surface area (Å²) in [5.74, 6) is -2.40. The quantitative estimate of drug-likeness (QED) is 0.0654. The zero-order valence-electron chi connectivity index (χ0n) is 33.8. The fourth-order valence-corrected chi connectivity index (χ4v) is 7.09. The Bertz CT molecular complexity index is 2930. The van der Waals surface area contributed by atoms with Crippen LogP contribution in [0.3, 0.4) is 0 Å². The normalized spacial score (nSPS) is 12.0. The number of carbonyl (C=O) groups is 4. The van der Waals surface area contributed by atoms with Gasteiger partial charge in [-0.05, 0) is 64.1 Å². The number of aryl methyl sites for hydroxylation is 4. The summed E-state index contributed by atoms with van der Waals surface area (Å²) in [5.41, 5.74) is 13.7. The lowest BCUT2D eigenvalue weighted by molar-refractivity contribution is -0.142. The number of benzene rings is 2. The number of ether oxygens (including phenoxy) is 1. The van der Waals surface area contributed by atoms with Crippen LogP contribution >= 0.6 is 0 Å². The molecule has 324 valence electrons. The van der Waals surface area contributed by atoms with Crippen LogP contribution in [0, 0.1) is 20.8 Å². The van der Waals surface area contributed by atoms with Crippen LogP contribution in [0.5, 0.6) is 5.75 Å². The lowest BCUT2D eigenvalue weighted by Crippen LogP contribution is -2.25. The van der Waals surface area contributed by atoms with E-state index in [1.165, 1.54) is 35.8 Å². The van der Waals surface area contributed by atoms with Crippen molar-refractivity contribution in [3.63, 3.8) is 0 Å². The summed E-state index contributed by atoms with van der Waals surface area (Å²) in [4.78, 5) is 61.4. The molecular formula is C40H41F3N12O7. The Morgan fingerprint density at radius 2 is 1.40 bits per heavy atom. The predicted molar refractivity (Wildman–Crippen MR) is 219 cm³/mol. The zero-order valence-corrected chi connectivity index (χ0v) is 33.8. The molecule has 0 spiro atoms. The van der Waals surface area contributed by atoms with Crippen molar-refractivity contribution in [3.8, 4) is 5.75 Å². The van der Waals surface area contributed by atoms with Crippen molar-refractivity contribution in [2.24, 2.45) is 11.5 Å². The van der Waals surface area contributed by atoms with E-state index in [-0.39, 0.29) is 95.2 Å². The number of hydrogen-bond donors (Lipinski definition) is 5. The fraction of sp³-hybridized carbons (Fsp3) is 0.300. The van der Waals surface area contributed by atoms with Gasteiger partial charge in [0.05, 0.1) is 40.1 Å². The molecule has 0 aliphatic heterocycles. The van der Waals surface area contributed by atoms with Crippen LogP contribution in [-0.2, 0) is 26.2 Å². The molecule has 4 amide bonds. The second-order valence-corrected chi connectivity index (χ2v) is 14.3. The predicted octanol–water partition coefficient (Wildman–Crippen LogP) is 4.75. The third-order valence-corrected chi connectivity index (χ3v) is 9.64. The number of furan rings is 1. The maximum Gasteiger partial charge on any atom is 0.408 e. The molecule has 0 saturated carbocycles. The van der Waals surface area contributed by atoms with Crippen molar-refractivity contribution in [2.75, 3.05) is 23.8 Å². The van der Waals surface area contributed by atoms with Crippen molar-refractivity contribution >= 4 is 68.6 Å². The van der Waals surface area contributed by atoms with Gasteiger partial charge < -0.3 is 34.9 Å². The number of rotatable bonds is 16. The van der Waals surface area contributed by atoms with Crippen LogP contribution in [0.25, 0.3) is 33.0 Å². The van der Waals surface area contributed by atoms with Gasteiger partial charge in [-0.15, -0.1) is 0 Å². The van der Waals surface area contributed by atoms with E-state index in [2.05, 4.69) is 25.8 Å². The van der Waals surface area contributed by atoms with Crippen molar-refractivity contribution in [3.05, 3.63) is 88.2 Å². The topological polar surface area (TPSA) is 258 Å². The van der Waals surface area contributed by atoms with E-state index >= 15 is 0 Å². The number of amides is 4. The number of aliphatic hydroxyl groups excluding tert-OH is 1. The number of halogens is 3. The van der Waals surface area contributed by atoms with Gasteiger partial charge in [0.15, 0.2) is 0 Å². The maximum atomic E-state index is 13.7. The summed E-state index contributed by atoms with van der Waals surface area (Å²) < 4.78 is 57.5. The van der Waals surface area contributed by atoms with Crippen LogP contribution in [0.4, 0.5) is 25.1 Å². The van der Waals surface area contributed by atoms with E-state index in [1.807, 2.05) is 6.92 Å². The highest BCUT2D eigenvalue weighted by Crippen LogP contribution is 2.35. The number of nitrogens with one attached hydrogen (secondary N) is 2. The maximum absolute atomic E-state index is 13.7. The molecule has 0 aliphatic carbocycles. The number of primary amides is 2. The van der Waals surface area contributed by atoms with Gasteiger partial charge in [-0.3, -0.25) is 39.2 Å². The molecule has 0 aliphatic rings.